The minimum absolute atomic E-state index is 0.0336. The lowest BCUT2D eigenvalue weighted by molar-refractivity contribution is -0.114. The van der Waals surface area contributed by atoms with Crippen molar-refractivity contribution in [3.63, 3.8) is 0 Å². The Morgan fingerprint density at radius 3 is 2.52 bits per heavy atom. The number of hydrogen-bond donors (Lipinski definition) is 3. The highest BCUT2D eigenvalue weighted by Crippen LogP contribution is 2.24. The summed E-state index contributed by atoms with van der Waals surface area (Å²) >= 11 is 1.39. The summed E-state index contributed by atoms with van der Waals surface area (Å²) in [6.07, 6.45) is 0.899. The van der Waals surface area contributed by atoms with E-state index in [4.69, 9.17) is 0 Å². The van der Waals surface area contributed by atoms with Crippen molar-refractivity contribution in [1.82, 2.24) is 9.97 Å². The largest absolute Gasteiger partial charge is 0.314 e. The first-order chi connectivity index (χ1) is 11.9. The van der Waals surface area contributed by atoms with Crippen molar-refractivity contribution in [2.75, 3.05) is 10.6 Å². The molecular weight excluding hydrogens is 340 g/mol. The molecule has 0 radical (unpaired) electrons. The van der Waals surface area contributed by atoms with Crippen molar-refractivity contribution in [1.29, 1.82) is 0 Å². The number of anilines is 2. The molecule has 8 heteroatoms. The van der Waals surface area contributed by atoms with Gasteiger partial charge in [0.15, 0.2) is 16.7 Å². The maximum Gasteiger partial charge on any atom is 0.277 e. The molecule has 2 amide bonds. The zero-order valence-electron chi connectivity index (χ0n) is 14.3. The summed E-state index contributed by atoms with van der Waals surface area (Å²) in [5, 5.41) is 5.67. The molecule has 1 aromatic heterocycles. The van der Waals surface area contributed by atoms with E-state index in [1.807, 2.05) is 13.8 Å². The third-order valence-corrected chi connectivity index (χ3v) is 4.51. The van der Waals surface area contributed by atoms with Gasteiger partial charge in [-0.25, -0.2) is 4.98 Å². The molecule has 0 aliphatic rings. The van der Waals surface area contributed by atoms with E-state index >= 15 is 0 Å². The zero-order chi connectivity index (χ0) is 18.4. The maximum absolute atomic E-state index is 12.4. The summed E-state index contributed by atoms with van der Waals surface area (Å²) in [6.45, 7) is 5.35. The fourth-order valence-corrected chi connectivity index (χ4v) is 2.77. The average Bonchev–Trinajstić information content (AvgIpc) is 2.58. The van der Waals surface area contributed by atoms with Crippen LogP contribution >= 0.6 is 11.8 Å². The van der Waals surface area contributed by atoms with Gasteiger partial charge in [-0.2, -0.15) is 0 Å². The Balaban J connectivity index is 2.36. The maximum atomic E-state index is 12.4. The number of thioether (sulfide) groups is 1. The predicted octanol–water partition coefficient (Wildman–Crippen LogP) is 2.87. The molecule has 25 heavy (non-hydrogen) atoms. The first-order valence-corrected chi connectivity index (χ1v) is 8.73. The number of aromatic nitrogens is 2. The monoisotopic (exact) mass is 360 g/mol. The van der Waals surface area contributed by atoms with Crippen molar-refractivity contribution in [2.24, 2.45) is 0 Å². The Morgan fingerprint density at radius 1 is 1.24 bits per heavy atom. The molecule has 0 fully saturated rings. The lowest BCUT2D eigenvalue weighted by Crippen LogP contribution is -2.24. The van der Waals surface area contributed by atoms with E-state index in [1.54, 1.807) is 30.3 Å². The Hall–Kier alpha value is -2.61. The number of hydrogen-bond acceptors (Lipinski definition) is 5. The van der Waals surface area contributed by atoms with Gasteiger partial charge in [0.2, 0.25) is 5.91 Å². The number of carbonyl (C=O) groups excluding carboxylic acids is 2. The van der Waals surface area contributed by atoms with Crippen molar-refractivity contribution in [3.05, 3.63) is 46.2 Å². The fourth-order valence-electron chi connectivity index (χ4n) is 1.93. The third-order valence-electron chi connectivity index (χ3n) is 3.35. The molecule has 0 spiro atoms. The molecule has 2 rings (SSSR count). The SMILES string of the molecule is CC[C@H](C)Sc1nc(NC(C)=O)c(NC(=O)c2ccccc2)c(=O)[nH]1. The summed E-state index contributed by atoms with van der Waals surface area (Å²) in [5.74, 6) is -0.805. The molecule has 0 saturated heterocycles. The standard InChI is InChI=1S/C17H20N4O3S/c1-4-10(2)25-17-20-14(18-11(3)22)13(16(24)21-17)19-15(23)12-8-6-5-7-9-12/h5-10H,4H2,1-3H3,(H,19,23)(H2,18,20,21,22,24)/t10-/m0/s1. The summed E-state index contributed by atoms with van der Waals surface area (Å²) in [7, 11) is 0. The number of amides is 2. The van der Waals surface area contributed by atoms with Gasteiger partial charge in [0.25, 0.3) is 11.5 Å². The number of nitrogens with one attached hydrogen (secondary N) is 3. The van der Waals surface area contributed by atoms with Crippen LogP contribution in [0.1, 0.15) is 37.6 Å². The van der Waals surface area contributed by atoms with Gasteiger partial charge in [0, 0.05) is 17.7 Å². The van der Waals surface area contributed by atoms with Gasteiger partial charge in [0.1, 0.15) is 0 Å². The summed E-state index contributed by atoms with van der Waals surface area (Å²) in [6, 6.07) is 8.48. The molecule has 0 aliphatic carbocycles. The van der Waals surface area contributed by atoms with E-state index in [2.05, 4.69) is 20.6 Å². The highest BCUT2D eigenvalue weighted by molar-refractivity contribution is 7.99. The first kappa shape index (κ1) is 18.7. The number of benzene rings is 1. The Labute approximate surface area is 149 Å². The smallest absolute Gasteiger partial charge is 0.277 e. The van der Waals surface area contributed by atoms with Gasteiger partial charge in [-0.1, -0.05) is 43.8 Å². The van der Waals surface area contributed by atoms with E-state index < -0.39 is 11.5 Å². The normalized spacial score (nSPS) is 11.6. The van der Waals surface area contributed by atoms with Gasteiger partial charge in [-0.3, -0.25) is 19.4 Å². The summed E-state index contributed by atoms with van der Waals surface area (Å²) < 4.78 is 0. The highest BCUT2D eigenvalue weighted by atomic mass is 32.2. The van der Waals surface area contributed by atoms with E-state index in [1.165, 1.54) is 18.7 Å². The van der Waals surface area contributed by atoms with Crippen LogP contribution in [0.2, 0.25) is 0 Å². The lowest BCUT2D eigenvalue weighted by atomic mass is 10.2. The van der Waals surface area contributed by atoms with Crippen LogP contribution in [0.25, 0.3) is 0 Å². The van der Waals surface area contributed by atoms with E-state index in [0.29, 0.717) is 10.7 Å². The molecule has 1 atom stereocenters. The van der Waals surface area contributed by atoms with Crippen LogP contribution in [0, 0.1) is 0 Å². The molecular formula is C17H20N4O3S. The summed E-state index contributed by atoms with van der Waals surface area (Å²) in [4.78, 5) is 43.1. The van der Waals surface area contributed by atoms with Crippen molar-refractivity contribution < 1.29 is 9.59 Å². The second-order valence-corrected chi connectivity index (χ2v) is 6.86. The predicted molar refractivity (Wildman–Crippen MR) is 99.2 cm³/mol. The molecule has 0 bridgehead atoms. The molecule has 0 unspecified atom stereocenters. The highest BCUT2D eigenvalue weighted by Gasteiger charge is 2.17. The van der Waals surface area contributed by atoms with Gasteiger partial charge in [-0.05, 0) is 18.6 Å². The molecule has 7 nitrogen and oxygen atoms in total. The van der Waals surface area contributed by atoms with Crippen molar-refractivity contribution in [3.8, 4) is 0 Å². The fraction of sp³-hybridized carbons (Fsp3) is 0.294. The minimum atomic E-state index is -0.520. The molecule has 2 aromatic rings. The average molecular weight is 360 g/mol. The zero-order valence-corrected chi connectivity index (χ0v) is 15.1. The molecule has 1 heterocycles. The van der Waals surface area contributed by atoms with Crippen LogP contribution in [0.15, 0.2) is 40.3 Å². The van der Waals surface area contributed by atoms with Gasteiger partial charge in [-0.15, -0.1) is 0 Å². The Kier molecular flexibility index (Phi) is 6.35. The Morgan fingerprint density at radius 2 is 1.92 bits per heavy atom. The van der Waals surface area contributed by atoms with Gasteiger partial charge in [0.05, 0.1) is 0 Å². The van der Waals surface area contributed by atoms with E-state index in [-0.39, 0.29) is 22.7 Å². The van der Waals surface area contributed by atoms with E-state index in [9.17, 15) is 14.4 Å². The van der Waals surface area contributed by atoms with Crippen molar-refractivity contribution in [2.45, 2.75) is 37.6 Å². The second-order valence-electron chi connectivity index (χ2n) is 5.43. The summed E-state index contributed by atoms with van der Waals surface area (Å²) in [5.41, 5.74) is -0.208. The van der Waals surface area contributed by atoms with Crippen LogP contribution in [-0.4, -0.2) is 27.0 Å². The second kappa shape index (κ2) is 8.48. The number of aromatic amines is 1. The van der Waals surface area contributed by atoms with Crippen LogP contribution in [0.5, 0.6) is 0 Å². The molecule has 132 valence electrons. The number of H-pyrrole nitrogens is 1. The van der Waals surface area contributed by atoms with Gasteiger partial charge >= 0.3 is 0 Å². The number of carbonyl (C=O) groups is 2. The Bertz CT molecular complexity index is 820. The van der Waals surface area contributed by atoms with Crippen molar-refractivity contribution >= 4 is 35.1 Å². The lowest BCUT2D eigenvalue weighted by Gasteiger charge is -2.13. The van der Waals surface area contributed by atoms with Crippen LogP contribution in [0.3, 0.4) is 0 Å². The molecule has 0 saturated carbocycles. The third kappa shape index (κ3) is 5.18. The quantitative estimate of drug-likeness (QED) is 0.543. The minimum Gasteiger partial charge on any atom is -0.314 e. The van der Waals surface area contributed by atoms with Crippen LogP contribution < -0.4 is 16.2 Å². The molecule has 0 aliphatic heterocycles. The molecule has 3 N–H and O–H groups in total. The number of rotatable bonds is 6. The van der Waals surface area contributed by atoms with Crippen LogP contribution in [0.4, 0.5) is 11.5 Å². The topological polar surface area (TPSA) is 104 Å². The number of nitrogens with zero attached hydrogens (tertiary/aromatic N) is 1. The van der Waals surface area contributed by atoms with Gasteiger partial charge < -0.3 is 10.6 Å². The van der Waals surface area contributed by atoms with Crippen LogP contribution in [-0.2, 0) is 4.79 Å². The van der Waals surface area contributed by atoms with E-state index in [0.717, 1.165) is 6.42 Å². The first-order valence-electron chi connectivity index (χ1n) is 7.85. The molecule has 1 aromatic carbocycles.